The van der Waals surface area contributed by atoms with E-state index >= 15 is 0 Å². The number of nitrogens with zero attached hydrogens (tertiary/aromatic N) is 5. The Hall–Kier alpha value is -2.09. The second kappa shape index (κ2) is 9.21. The maximum Gasteiger partial charge on any atom is 0.212 e. The first-order valence-corrected chi connectivity index (χ1v) is 9.92. The molecule has 0 saturated heterocycles. The molecular formula is C19H22ClN5OS. The average Bonchev–Trinajstić information content (AvgIpc) is 3.22. The third-order valence-electron chi connectivity index (χ3n) is 4.23. The molecule has 0 fully saturated rings. The highest BCUT2D eigenvalue weighted by molar-refractivity contribution is 7.98. The van der Waals surface area contributed by atoms with Crippen molar-refractivity contribution in [2.24, 2.45) is 5.10 Å². The van der Waals surface area contributed by atoms with Gasteiger partial charge in [-0.1, -0.05) is 35.5 Å². The minimum atomic E-state index is 0.684. The molecule has 0 bridgehead atoms. The number of thioether (sulfide) groups is 1. The van der Waals surface area contributed by atoms with Gasteiger partial charge in [-0.05, 0) is 37.6 Å². The minimum Gasteiger partial charge on any atom is -0.383 e. The number of ether oxygens (including phenoxy) is 1. The van der Waals surface area contributed by atoms with Crippen molar-refractivity contribution in [3.05, 3.63) is 64.2 Å². The van der Waals surface area contributed by atoms with E-state index in [4.69, 9.17) is 16.3 Å². The number of hydrogen-bond acceptors (Lipinski definition) is 5. The van der Waals surface area contributed by atoms with Crippen LogP contribution in [0.5, 0.6) is 0 Å². The monoisotopic (exact) mass is 403 g/mol. The maximum absolute atomic E-state index is 5.93. The van der Waals surface area contributed by atoms with Crippen molar-refractivity contribution in [2.45, 2.75) is 31.3 Å². The fraction of sp³-hybridized carbons (Fsp3) is 0.316. The Kier molecular flexibility index (Phi) is 6.71. The van der Waals surface area contributed by atoms with E-state index in [1.54, 1.807) is 29.9 Å². The Morgan fingerprint density at radius 1 is 1.26 bits per heavy atom. The summed E-state index contributed by atoms with van der Waals surface area (Å²) in [6, 6.07) is 9.92. The van der Waals surface area contributed by atoms with E-state index in [9.17, 15) is 0 Å². The molecule has 2 aromatic heterocycles. The summed E-state index contributed by atoms with van der Waals surface area (Å²) in [5.41, 5.74) is 4.60. The molecule has 6 nitrogen and oxygen atoms in total. The lowest BCUT2D eigenvalue weighted by atomic mass is 10.2. The Morgan fingerprint density at radius 2 is 2.04 bits per heavy atom. The Morgan fingerprint density at radius 3 is 2.78 bits per heavy atom. The predicted octanol–water partition coefficient (Wildman–Crippen LogP) is 4.17. The number of halogens is 1. The molecule has 0 aliphatic heterocycles. The molecular weight excluding hydrogens is 382 g/mol. The molecule has 8 heteroatoms. The number of rotatable bonds is 8. The maximum atomic E-state index is 5.93. The molecule has 0 spiro atoms. The molecule has 3 rings (SSSR count). The number of methoxy groups -OCH3 is 1. The number of hydrogen-bond donors (Lipinski definition) is 0. The van der Waals surface area contributed by atoms with E-state index in [0.717, 1.165) is 33.7 Å². The van der Waals surface area contributed by atoms with Gasteiger partial charge in [-0.15, -0.1) is 10.2 Å². The van der Waals surface area contributed by atoms with Crippen molar-refractivity contribution in [1.82, 2.24) is 19.4 Å². The molecule has 0 amide bonds. The quantitative estimate of drug-likeness (QED) is 0.418. The van der Waals surface area contributed by atoms with Crippen molar-refractivity contribution in [1.29, 1.82) is 0 Å². The Balaban J connectivity index is 1.70. The van der Waals surface area contributed by atoms with Crippen LogP contribution in [-0.4, -0.2) is 39.4 Å². The van der Waals surface area contributed by atoms with E-state index < -0.39 is 0 Å². The highest BCUT2D eigenvalue weighted by atomic mass is 35.5. The zero-order valence-electron chi connectivity index (χ0n) is 15.6. The second-order valence-corrected chi connectivity index (χ2v) is 7.47. The highest BCUT2D eigenvalue weighted by Crippen LogP contribution is 2.22. The number of aryl methyl sites for hydroxylation is 1. The van der Waals surface area contributed by atoms with Crippen LogP contribution in [0.25, 0.3) is 0 Å². The summed E-state index contributed by atoms with van der Waals surface area (Å²) in [4.78, 5) is 0. The van der Waals surface area contributed by atoms with Crippen LogP contribution in [-0.2, 0) is 17.0 Å². The fourth-order valence-corrected chi connectivity index (χ4v) is 3.68. The molecule has 0 aliphatic rings. The van der Waals surface area contributed by atoms with Gasteiger partial charge in [-0.2, -0.15) is 9.78 Å². The second-order valence-electron chi connectivity index (χ2n) is 6.09. The van der Waals surface area contributed by atoms with Crippen LogP contribution in [0.1, 0.15) is 22.5 Å². The molecule has 0 N–H and O–H groups in total. The normalized spacial score (nSPS) is 11.6. The van der Waals surface area contributed by atoms with Gasteiger partial charge in [0.15, 0.2) is 0 Å². The summed E-state index contributed by atoms with van der Waals surface area (Å²) in [5, 5.41) is 14.2. The zero-order valence-corrected chi connectivity index (χ0v) is 17.2. The molecule has 0 atom stereocenters. The summed E-state index contributed by atoms with van der Waals surface area (Å²) in [5.74, 6) is 0.775. The van der Waals surface area contributed by atoms with Crippen LogP contribution in [0, 0.1) is 13.8 Å². The molecule has 27 heavy (non-hydrogen) atoms. The Bertz CT molecular complexity index is 917. The molecule has 0 radical (unpaired) electrons. The van der Waals surface area contributed by atoms with Gasteiger partial charge in [0, 0.05) is 41.4 Å². The third-order valence-corrected chi connectivity index (χ3v) is 5.49. The molecule has 1 aromatic carbocycles. The largest absolute Gasteiger partial charge is 0.383 e. The SMILES string of the molecule is COCCn1c(C)cc(C=Nn2cnnc2SCc2ccc(Cl)cc2)c1C. The number of benzene rings is 1. The molecule has 0 unspecified atom stereocenters. The molecule has 0 aliphatic carbocycles. The van der Waals surface area contributed by atoms with Crippen LogP contribution < -0.4 is 0 Å². The minimum absolute atomic E-state index is 0.684. The van der Waals surface area contributed by atoms with Crippen LogP contribution in [0.4, 0.5) is 0 Å². The van der Waals surface area contributed by atoms with E-state index in [1.165, 1.54) is 11.3 Å². The molecule has 2 heterocycles. The van der Waals surface area contributed by atoms with Crippen molar-refractivity contribution >= 4 is 29.6 Å². The van der Waals surface area contributed by atoms with Crippen molar-refractivity contribution in [2.75, 3.05) is 13.7 Å². The Labute approximate surface area is 168 Å². The molecule has 142 valence electrons. The summed E-state index contributed by atoms with van der Waals surface area (Å²) >= 11 is 7.51. The molecule has 3 aromatic rings. The van der Waals surface area contributed by atoms with Crippen molar-refractivity contribution in [3.63, 3.8) is 0 Å². The summed E-state index contributed by atoms with van der Waals surface area (Å²) in [6.45, 7) is 5.69. The van der Waals surface area contributed by atoms with Gasteiger partial charge in [-0.25, -0.2) is 0 Å². The van der Waals surface area contributed by atoms with Gasteiger partial charge in [0.05, 0.1) is 12.8 Å². The average molecular weight is 404 g/mol. The smallest absolute Gasteiger partial charge is 0.212 e. The van der Waals surface area contributed by atoms with Gasteiger partial charge in [0.2, 0.25) is 5.16 Å². The van der Waals surface area contributed by atoms with Gasteiger partial charge >= 0.3 is 0 Å². The summed E-state index contributed by atoms with van der Waals surface area (Å²) in [6.07, 6.45) is 3.46. The first kappa shape index (κ1) is 19.7. The highest BCUT2D eigenvalue weighted by Gasteiger charge is 2.08. The van der Waals surface area contributed by atoms with E-state index in [2.05, 4.69) is 39.8 Å². The van der Waals surface area contributed by atoms with E-state index in [-0.39, 0.29) is 0 Å². The van der Waals surface area contributed by atoms with Gasteiger partial charge in [-0.3, -0.25) is 0 Å². The van der Waals surface area contributed by atoms with Gasteiger partial charge in [0.25, 0.3) is 0 Å². The van der Waals surface area contributed by atoms with Gasteiger partial charge in [0.1, 0.15) is 6.33 Å². The molecule has 0 saturated carbocycles. The topological polar surface area (TPSA) is 57.2 Å². The standard InChI is InChI=1S/C19H22ClN5OS/c1-14-10-17(15(2)24(14)8-9-26-3)11-22-25-13-21-23-19(25)27-12-16-4-6-18(20)7-5-16/h4-7,10-11,13H,8-9,12H2,1-3H3. The summed E-state index contributed by atoms with van der Waals surface area (Å²) < 4.78 is 9.11. The lowest BCUT2D eigenvalue weighted by Gasteiger charge is -2.08. The van der Waals surface area contributed by atoms with Crippen LogP contribution >= 0.6 is 23.4 Å². The van der Waals surface area contributed by atoms with E-state index in [1.807, 2.05) is 30.5 Å². The zero-order chi connectivity index (χ0) is 19.2. The van der Waals surface area contributed by atoms with Crippen molar-refractivity contribution < 1.29 is 4.74 Å². The van der Waals surface area contributed by atoms with E-state index in [0.29, 0.717) is 6.61 Å². The van der Waals surface area contributed by atoms with Crippen LogP contribution in [0.3, 0.4) is 0 Å². The first-order chi connectivity index (χ1) is 13.1. The lowest BCUT2D eigenvalue weighted by molar-refractivity contribution is 0.186. The fourth-order valence-electron chi connectivity index (χ4n) is 2.73. The predicted molar refractivity (Wildman–Crippen MR) is 110 cm³/mol. The first-order valence-electron chi connectivity index (χ1n) is 8.55. The van der Waals surface area contributed by atoms with Crippen LogP contribution in [0.15, 0.2) is 46.9 Å². The summed E-state index contributed by atoms with van der Waals surface area (Å²) in [7, 11) is 1.71. The number of aromatic nitrogens is 4. The van der Waals surface area contributed by atoms with Crippen molar-refractivity contribution in [3.8, 4) is 0 Å². The van der Waals surface area contributed by atoms with Gasteiger partial charge < -0.3 is 9.30 Å². The third kappa shape index (κ3) is 5.00. The van der Waals surface area contributed by atoms with Crippen LogP contribution in [0.2, 0.25) is 5.02 Å². The lowest BCUT2D eigenvalue weighted by Crippen LogP contribution is -2.07.